The topological polar surface area (TPSA) is 95.7 Å². The van der Waals surface area contributed by atoms with Crippen molar-refractivity contribution in [1.29, 1.82) is 0 Å². The first-order chi connectivity index (χ1) is 14.7. The van der Waals surface area contributed by atoms with Crippen LogP contribution in [-0.4, -0.2) is 22.0 Å². The highest BCUT2D eigenvalue weighted by Crippen LogP contribution is 2.25. The Kier molecular flexibility index (Phi) is 8.58. The van der Waals surface area contributed by atoms with E-state index >= 15 is 0 Å². The van der Waals surface area contributed by atoms with Crippen LogP contribution >= 0.6 is 0 Å². The second-order valence-corrected chi connectivity index (χ2v) is 7.45. The number of carboxylic acids is 1. The van der Waals surface area contributed by atoms with E-state index < -0.39 is 5.97 Å². The number of rotatable bonds is 10. The minimum atomic E-state index is -0.905. The van der Waals surface area contributed by atoms with Gasteiger partial charge in [-0.15, -0.1) is 0 Å². The molecule has 6 nitrogen and oxygen atoms in total. The van der Waals surface area contributed by atoms with Crippen molar-refractivity contribution in [2.24, 2.45) is 5.84 Å². The van der Waals surface area contributed by atoms with Crippen molar-refractivity contribution in [2.75, 3.05) is 5.32 Å². The Bertz CT molecular complexity index is 961. The van der Waals surface area contributed by atoms with Crippen LogP contribution in [0.1, 0.15) is 54.6 Å². The molecule has 2 rings (SSSR count). The van der Waals surface area contributed by atoms with E-state index in [1.807, 2.05) is 57.2 Å². The highest BCUT2D eigenvalue weighted by Gasteiger charge is 2.16. The smallest absolute Gasteiger partial charge is 0.307 e. The average Bonchev–Trinajstić information content (AvgIpc) is 2.74. The van der Waals surface area contributed by atoms with Gasteiger partial charge in [-0.2, -0.15) is 0 Å². The molecule has 0 radical (unpaired) electrons. The van der Waals surface area contributed by atoms with Gasteiger partial charge >= 0.3 is 5.97 Å². The van der Waals surface area contributed by atoms with Gasteiger partial charge in [-0.1, -0.05) is 50.3 Å². The van der Waals surface area contributed by atoms with Crippen molar-refractivity contribution in [3.63, 3.8) is 0 Å². The van der Waals surface area contributed by atoms with Gasteiger partial charge < -0.3 is 15.4 Å². The molecule has 0 aliphatic rings. The Hall–Kier alpha value is -3.38. The Morgan fingerprint density at radius 3 is 2.16 bits per heavy atom. The number of nitrogens with zero attached hydrogens (tertiary/aromatic N) is 1. The largest absolute Gasteiger partial charge is 0.481 e. The first-order valence-corrected chi connectivity index (χ1v) is 10.4. The van der Waals surface area contributed by atoms with Crippen LogP contribution in [0.3, 0.4) is 0 Å². The molecule has 0 unspecified atom stereocenters. The number of amides is 1. The normalized spacial score (nSPS) is 11.5. The molecule has 1 amide bonds. The SMILES string of the molecule is C=C(CC)/C(CC(=O)O)=C(/CC)N(N)Cc1ccc(NC(=O)c2ccc(C)cc2)cc1. The summed E-state index contributed by atoms with van der Waals surface area (Å²) in [6.07, 6.45) is 1.16. The predicted octanol–water partition coefficient (Wildman–Crippen LogP) is 5.03. The summed E-state index contributed by atoms with van der Waals surface area (Å²) in [7, 11) is 0. The molecule has 2 aromatic carbocycles. The van der Waals surface area contributed by atoms with E-state index in [0.29, 0.717) is 36.2 Å². The number of hydrazine groups is 1. The van der Waals surface area contributed by atoms with Gasteiger partial charge in [0.2, 0.25) is 0 Å². The quantitative estimate of drug-likeness (QED) is 0.284. The van der Waals surface area contributed by atoms with E-state index in [4.69, 9.17) is 5.84 Å². The molecule has 0 aromatic heterocycles. The maximum atomic E-state index is 12.4. The van der Waals surface area contributed by atoms with Crippen molar-refractivity contribution in [3.05, 3.63) is 88.6 Å². The average molecular weight is 422 g/mol. The standard InChI is InChI=1S/C25H31N3O3/c1-5-18(4)22(15-24(29)30)23(6-2)28(26)16-19-9-13-21(14-10-19)27-25(31)20-11-7-17(3)8-12-20/h7-14H,4-6,15-16,26H2,1-3H3,(H,27,31)(H,29,30)/b23-22-. The number of nitrogens with one attached hydrogen (secondary N) is 1. The van der Waals surface area contributed by atoms with E-state index in [1.165, 1.54) is 0 Å². The molecule has 4 N–H and O–H groups in total. The summed E-state index contributed by atoms with van der Waals surface area (Å²) >= 11 is 0. The molecule has 0 fully saturated rings. The zero-order chi connectivity index (χ0) is 23.0. The first kappa shape index (κ1) is 23.9. The van der Waals surface area contributed by atoms with Gasteiger partial charge in [0, 0.05) is 16.9 Å². The molecule has 0 aliphatic carbocycles. The fourth-order valence-corrected chi connectivity index (χ4v) is 3.28. The molecular weight excluding hydrogens is 390 g/mol. The summed E-state index contributed by atoms with van der Waals surface area (Å²) in [6, 6.07) is 14.8. The van der Waals surface area contributed by atoms with Gasteiger partial charge in [0.15, 0.2) is 0 Å². The van der Waals surface area contributed by atoms with Crippen LogP contribution in [-0.2, 0) is 11.3 Å². The van der Waals surface area contributed by atoms with E-state index in [0.717, 1.165) is 22.4 Å². The number of hydrogen-bond acceptors (Lipinski definition) is 4. The second kappa shape index (κ2) is 11.1. The molecule has 0 spiro atoms. The number of aryl methyl sites for hydroxylation is 1. The minimum Gasteiger partial charge on any atom is -0.481 e. The van der Waals surface area contributed by atoms with Crippen LogP contribution in [0.4, 0.5) is 5.69 Å². The molecule has 0 heterocycles. The summed E-state index contributed by atoms with van der Waals surface area (Å²) in [5, 5.41) is 13.7. The highest BCUT2D eigenvalue weighted by atomic mass is 16.4. The summed E-state index contributed by atoms with van der Waals surface area (Å²) in [6.45, 7) is 10.3. The third kappa shape index (κ3) is 6.83. The van der Waals surface area contributed by atoms with Crippen molar-refractivity contribution >= 4 is 17.6 Å². The minimum absolute atomic E-state index is 0.104. The monoisotopic (exact) mass is 421 g/mol. The Morgan fingerprint density at radius 1 is 1.03 bits per heavy atom. The fourth-order valence-electron chi connectivity index (χ4n) is 3.28. The predicted molar refractivity (Wildman–Crippen MR) is 124 cm³/mol. The molecule has 0 aliphatic heterocycles. The van der Waals surface area contributed by atoms with Gasteiger partial charge in [-0.3, -0.25) is 9.59 Å². The second-order valence-electron chi connectivity index (χ2n) is 7.45. The van der Waals surface area contributed by atoms with Gasteiger partial charge in [-0.05, 0) is 60.7 Å². The van der Waals surface area contributed by atoms with Gasteiger partial charge in [-0.25, -0.2) is 5.84 Å². The number of allylic oxidation sites excluding steroid dienone is 2. The molecule has 164 valence electrons. The number of nitrogens with two attached hydrogens (primary N) is 1. The maximum absolute atomic E-state index is 12.4. The number of hydrogen-bond donors (Lipinski definition) is 3. The molecule has 2 aromatic rings. The van der Waals surface area contributed by atoms with Crippen LogP contribution in [0.25, 0.3) is 0 Å². The molecular formula is C25H31N3O3. The van der Waals surface area contributed by atoms with Crippen molar-refractivity contribution in [3.8, 4) is 0 Å². The van der Waals surface area contributed by atoms with Crippen molar-refractivity contribution in [2.45, 2.75) is 46.6 Å². The number of carbonyl (C=O) groups is 2. The van der Waals surface area contributed by atoms with Crippen LogP contribution in [0.15, 0.2) is 72.0 Å². The van der Waals surface area contributed by atoms with Crippen LogP contribution < -0.4 is 11.2 Å². The lowest BCUT2D eigenvalue weighted by Gasteiger charge is -2.25. The first-order valence-electron chi connectivity index (χ1n) is 10.4. The number of benzene rings is 2. The third-order valence-corrected chi connectivity index (χ3v) is 5.09. The summed E-state index contributed by atoms with van der Waals surface area (Å²) in [5.41, 5.74) is 5.56. The highest BCUT2D eigenvalue weighted by molar-refractivity contribution is 6.04. The van der Waals surface area contributed by atoms with Gasteiger partial charge in [0.05, 0.1) is 13.0 Å². The number of carbonyl (C=O) groups excluding carboxylic acids is 1. The summed E-state index contributed by atoms with van der Waals surface area (Å²) < 4.78 is 0. The van der Waals surface area contributed by atoms with Gasteiger partial charge in [0.1, 0.15) is 0 Å². The van der Waals surface area contributed by atoms with E-state index in [1.54, 1.807) is 17.1 Å². The van der Waals surface area contributed by atoms with E-state index in [9.17, 15) is 14.7 Å². The summed E-state index contributed by atoms with van der Waals surface area (Å²) in [5.74, 6) is 5.24. The molecule has 0 atom stereocenters. The van der Waals surface area contributed by atoms with Crippen molar-refractivity contribution in [1.82, 2.24) is 5.01 Å². The van der Waals surface area contributed by atoms with E-state index in [-0.39, 0.29) is 12.3 Å². The zero-order valence-corrected chi connectivity index (χ0v) is 18.4. The Labute approximate surface area is 184 Å². The van der Waals surface area contributed by atoms with Crippen LogP contribution in [0, 0.1) is 6.92 Å². The van der Waals surface area contributed by atoms with Gasteiger partial charge in [0.25, 0.3) is 5.91 Å². The van der Waals surface area contributed by atoms with E-state index in [2.05, 4.69) is 11.9 Å². The molecule has 6 heteroatoms. The molecule has 0 bridgehead atoms. The Balaban J connectivity index is 2.12. The summed E-state index contributed by atoms with van der Waals surface area (Å²) in [4.78, 5) is 23.7. The lowest BCUT2D eigenvalue weighted by Crippen LogP contribution is -2.31. The van der Waals surface area contributed by atoms with Crippen molar-refractivity contribution < 1.29 is 14.7 Å². The lowest BCUT2D eigenvalue weighted by atomic mass is 9.98. The fraction of sp³-hybridized carbons (Fsp3) is 0.280. The number of carboxylic acid groups (broad SMARTS) is 1. The van der Waals surface area contributed by atoms with Crippen LogP contribution in [0.2, 0.25) is 0 Å². The third-order valence-electron chi connectivity index (χ3n) is 5.09. The number of aliphatic carboxylic acids is 1. The molecule has 0 saturated carbocycles. The zero-order valence-electron chi connectivity index (χ0n) is 18.4. The number of anilines is 1. The molecule has 31 heavy (non-hydrogen) atoms. The Morgan fingerprint density at radius 2 is 1.65 bits per heavy atom. The lowest BCUT2D eigenvalue weighted by molar-refractivity contribution is -0.136. The van der Waals surface area contributed by atoms with Crippen LogP contribution in [0.5, 0.6) is 0 Å². The molecule has 0 saturated heterocycles. The maximum Gasteiger partial charge on any atom is 0.307 e.